The minimum atomic E-state index is -0.399. The Labute approximate surface area is 117 Å². The smallest absolute Gasteiger partial charge is 0.226 e. The van der Waals surface area contributed by atoms with Crippen LogP contribution in [0.2, 0.25) is 0 Å². The molecule has 1 unspecified atom stereocenters. The molecule has 0 aliphatic heterocycles. The lowest BCUT2D eigenvalue weighted by Gasteiger charge is -2.12. The van der Waals surface area contributed by atoms with Gasteiger partial charge in [-0.1, -0.05) is 18.1 Å². The third-order valence-corrected chi connectivity index (χ3v) is 3.06. The fraction of sp³-hybridized carbons (Fsp3) is 0.429. The fourth-order valence-electron chi connectivity index (χ4n) is 1.70. The van der Waals surface area contributed by atoms with Crippen LogP contribution in [0.1, 0.15) is 37.2 Å². The Kier molecular flexibility index (Phi) is 4.68. The zero-order valence-electron chi connectivity index (χ0n) is 11.8. The van der Waals surface area contributed by atoms with Gasteiger partial charge in [0.15, 0.2) is 18.2 Å². The van der Waals surface area contributed by atoms with Crippen molar-refractivity contribution < 1.29 is 13.7 Å². The summed E-state index contributed by atoms with van der Waals surface area (Å²) in [6.07, 6.45) is 0.665. The van der Waals surface area contributed by atoms with Crippen molar-refractivity contribution >= 4 is 0 Å². The number of rotatable bonds is 6. The summed E-state index contributed by atoms with van der Waals surface area (Å²) in [7, 11) is 1.83. The highest BCUT2D eigenvalue weighted by Gasteiger charge is 2.10. The maximum Gasteiger partial charge on any atom is 0.226 e. The number of nitrogens with zero attached hydrogens (tertiary/aromatic N) is 2. The minimum Gasteiger partial charge on any atom is -0.482 e. The lowest BCUT2D eigenvalue weighted by Crippen LogP contribution is -2.12. The molecule has 20 heavy (non-hydrogen) atoms. The summed E-state index contributed by atoms with van der Waals surface area (Å²) in [5, 5.41) is 6.80. The van der Waals surface area contributed by atoms with Crippen LogP contribution in [0.5, 0.6) is 5.75 Å². The summed E-state index contributed by atoms with van der Waals surface area (Å²) >= 11 is 0. The average molecular weight is 279 g/mol. The van der Waals surface area contributed by atoms with Crippen LogP contribution in [0.3, 0.4) is 0 Å². The predicted molar refractivity (Wildman–Crippen MR) is 71.9 cm³/mol. The van der Waals surface area contributed by atoms with E-state index in [0.717, 1.165) is 5.56 Å². The molecule has 2 rings (SSSR count). The molecule has 108 valence electrons. The van der Waals surface area contributed by atoms with E-state index in [2.05, 4.69) is 15.5 Å². The van der Waals surface area contributed by atoms with Gasteiger partial charge in [-0.25, -0.2) is 4.39 Å². The first-order valence-electron chi connectivity index (χ1n) is 6.55. The van der Waals surface area contributed by atoms with Crippen LogP contribution in [-0.4, -0.2) is 17.2 Å². The highest BCUT2D eigenvalue weighted by Crippen LogP contribution is 2.22. The maximum absolute atomic E-state index is 13.9. The lowest BCUT2D eigenvalue weighted by atomic mass is 10.1. The molecular formula is C14H18FN3O2. The van der Waals surface area contributed by atoms with Crippen LogP contribution >= 0.6 is 0 Å². The second-order valence-corrected chi connectivity index (χ2v) is 4.45. The molecule has 0 saturated carbocycles. The van der Waals surface area contributed by atoms with E-state index in [4.69, 9.17) is 9.26 Å². The summed E-state index contributed by atoms with van der Waals surface area (Å²) in [6.45, 7) is 3.96. The third-order valence-electron chi connectivity index (χ3n) is 3.06. The van der Waals surface area contributed by atoms with E-state index < -0.39 is 5.82 Å². The standard InChI is InChI=1S/C14H18FN3O2/c1-4-14-17-13(18-20-14)8-19-12-6-5-10(7-11(12)15)9(2)16-3/h5-7,9,16H,4,8H2,1-3H3. The summed E-state index contributed by atoms with van der Waals surface area (Å²) in [6, 6.07) is 4.99. The summed E-state index contributed by atoms with van der Waals surface area (Å²) in [5.74, 6) is 0.736. The molecule has 1 atom stereocenters. The van der Waals surface area contributed by atoms with Gasteiger partial charge < -0.3 is 14.6 Å². The highest BCUT2D eigenvalue weighted by molar-refractivity contribution is 5.30. The molecule has 0 bridgehead atoms. The first kappa shape index (κ1) is 14.5. The second-order valence-electron chi connectivity index (χ2n) is 4.45. The molecule has 0 fully saturated rings. The number of aryl methyl sites for hydroxylation is 1. The first-order valence-corrected chi connectivity index (χ1v) is 6.55. The van der Waals surface area contributed by atoms with Crippen molar-refractivity contribution in [3.8, 4) is 5.75 Å². The van der Waals surface area contributed by atoms with Gasteiger partial charge in [-0.15, -0.1) is 0 Å². The van der Waals surface area contributed by atoms with Gasteiger partial charge in [-0.05, 0) is 31.7 Å². The minimum absolute atomic E-state index is 0.0847. The SMILES string of the molecule is CCc1nc(COc2ccc(C(C)NC)cc2F)no1. The van der Waals surface area contributed by atoms with Gasteiger partial charge in [0.05, 0.1) is 0 Å². The van der Waals surface area contributed by atoms with Crippen molar-refractivity contribution in [2.75, 3.05) is 7.05 Å². The van der Waals surface area contributed by atoms with Gasteiger partial charge in [0.25, 0.3) is 0 Å². The molecule has 1 heterocycles. The summed E-state index contributed by atoms with van der Waals surface area (Å²) in [4.78, 5) is 4.10. The van der Waals surface area contributed by atoms with Crippen LogP contribution in [0.4, 0.5) is 4.39 Å². The lowest BCUT2D eigenvalue weighted by molar-refractivity contribution is 0.272. The van der Waals surface area contributed by atoms with Crippen molar-refractivity contribution in [1.82, 2.24) is 15.5 Å². The van der Waals surface area contributed by atoms with Crippen LogP contribution in [0.25, 0.3) is 0 Å². The Morgan fingerprint density at radius 1 is 1.45 bits per heavy atom. The van der Waals surface area contributed by atoms with Gasteiger partial charge >= 0.3 is 0 Å². The van der Waals surface area contributed by atoms with Crippen molar-refractivity contribution in [2.45, 2.75) is 32.9 Å². The maximum atomic E-state index is 13.9. The normalized spacial score (nSPS) is 12.4. The van der Waals surface area contributed by atoms with Crippen LogP contribution < -0.4 is 10.1 Å². The second kappa shape index (κ2) is 6.47. The van der Waals surface area contributed by atoms with Gasteiger partial charge in [-0.3, -0.25) is 0 Å². The van der Waals surface area contributed by atoms with Gasteiger partial charge in [0.1, 0.15) is 0 Å². The van der Waals surface area contributed by atoms with E-state index >= 15 is 0 Å². The van der Waals surface area contributed by atoms with E-state index in [1.165, 1.54) is 6.07 Å². The highest BCUT2D eigenvalue weighted by atomic mass is 19.1. The van der Waals surface area contributed by atoms with Crippen molar-refractivity contribution in [3.63, 3.8) is 0 Å². The van der Waals surface area contributed by atoms with Crippen LogP contribution in [0, 0.1) is 5.82 Å². The van der Waals surface area contributed by atoms with E-state index in [0.29, 0.717) is 18.1 Å². The van der Waals surface area contributed by atoms with Crippen LogP contribution in [0.15, 0.2) is 22.7 Å². The Balaban J connectivity index is 2.02. The molecule has 0 aliphatic carbocycles. The predicted octanol–water partition coefficient (Wildman–Crippen LogP) is 2.63. The van der Waals surface area contributed by atoms with Crippen molar-refractivity contribution in [3.05, 3.63) is 41.3 Å². The number of halogens is 1. The molecule has 5 nitrogen and oxygen atoms in total. The number of hydrogen-bond donors (Lipinski definition) is 1. The van der Waals surface area contributed by atoms with Crippen molar-refractivity contribution in [2.24, 2.45) is 0 Å². The molecule has 0 amide bonds. The Bertz CT molecular complexity index is 571. The van der Waals surface area contributed by atoms with E-state index in [1.54, 1.807) is 6.07 Å². The first-order chi connectivity index (χ1) is 9.63. The van der Waals surface area contributed by atoms with Crippen molar-refractivity contribution in [1.29, 1.82) is 0 Å². The molecule has 0 radical (unpaired) electrons. The molecule has 0 spiro atoms. The fourth-order valence-corrected chi connectivity index (χ4v) is 1.70. The number of benzene rings is 1. The van der Waals surface area contributed by atoms with Gasteiger partial charge in [-0.2, -0.15) is 4.98 Å². The van der Waals surface area contributed by atoms with Gasteiger partial charge in [0.2, 0.25) is 11.7 Å². The molecule has 0 aliphatic rings. The van der Waals surface area contributed by atoms with Crippen LogP contribution in [-0.2, 0) is 13.0 Å². The molecule has 2 aromatic rings. The number of ether oxygens (including phenoxy) is 1. The Morgan fingerprint density at radius 2 is 2.25 bits per heavy atom. The zero-order chi connectivity index (χ0) is 14.5. The molecular weight excluding hydrogens is 261 g/mol. The molecule has 6 heteroatoms. The van der Waals surface area contributed by atoms with E-state index in [1.807, 2.05) is 27.0 Å². The molecule has 1 N–H and O–H groups in total. The number of aromatic nitrogens is 2. The van der Waals surface area contributed by atoms with E-state index in [9.17, 15) is 4.39 Å². The summed E-state index contributed by atoms with van der Waals surface area (Å²) < 4.78 is 24.2. The quantitative estimate of drug-likeness (QED) is 0.880. The molecule has 1 aromatic carbocycles. The zero-order valence-corrected chi connectivity index (χ0v) is 11.8. The van der Waals surface area contributed by atoms with E-state index in [-0.39, 0.29) is 18.4 Å². The topological polar surface area (TPSA) is 60.2 Å². The monoisotopic (exact) mass is 279 g/mol. The Hall–Kier alpha value is -1.95. The number of hydrogen-bond acceptors (Lipinski definition) is 5. The Morgan fingerprint density at radius 3 is 2.85 bits per heavy atom. The average Bonchev–Trinajstić information content (AvgIpc) is 2.93. The molecule has 0 saturated heterocycles. The third kappa shape index (κ3) is 3.33. The van der Waals surface area contributed by atoms with Gasteiger partial charge in [0, 0.05) is 12.5 Å². The molecule has 1 aromatic heterocycles. The summed E-state index contributed by atoms with van der Waals surface area (Å²) in [5.41, 5.74) is 0.866. The largest absolute Gasteiger partial charge is 0.482 e. The number of nitrogens with one attached hydrogen (secondary N) is 1.